The van der Waals surface area contributed by atoms with E-state index in [0.29, 0.717) is 6.41 Å². The van der Waals surface area contributed by atoms with Crippen molar-refractivity contribution < 1.29 is 9.59 Å². The molecule has 4 heteroatoms. The Balaban J connectivity index is 2.85. The zero-order valence-corrected chi connectivity index (χ0v) is 8.58. The topological polar surface area (TPSA) is 72.2 Å². The Morgan fingerprint density at radius 3 is 2.86 bits per heavy atom. The molecular weight excluding hydrogens is 180 g/mol. The van der Waals surface area contributed by atoms with Gasteiger partial charge in [0.15, 0.2) is 0 Å². The van der Waals surface area contributed by atoms with E-state index in [4.69, 9.17) is 5.73 Å². The van der Waals surface area contributed by atoms with Gasteiger partial charge in [-0.15, -0.1) is 0 Å². The van der Waals surface area contributed by atoms with E-state index < -0.39 is 0 Å². The summed E-state index contributed by atoms with van der Waals surface area (Å²) in [6.45, 7) is 1.98. The third kappa shape index (κ3) is 1.89. The van der Waals surface area contributed by atoms with Gasteiger partial charge in [-0.3, -0.25) is 9.59 Å². The monoisotopic (exact) mass is 198 g/mol. The number of nitrogens with one attached hydrogen (secondary N) is 1. The second kappa shape index (κ2) is 4.44. The zero-order valence-electron chi connectivity index (χ0n) is 8.58. The molecule has 2 atom stereocenters. The second-order valence-electron chi connectivity index (χ2n) is 3.97. The molecule has 0 aromatic heterocycles. The van der Waals surface area contributed by atoms with E-state index in [2.05, 4.69) is 5.32 Å². The van der Waals surface area contributed by atoms with E-state index in [9.17, 15) is 9.59 Å². The second-order valence-corrected chi connectivity index (χ2v) is 3.97. The third-order valence-corrected chi connectivity index (χ3v) is 3.35. The van der Waals surface area contributed by atoms with Gasteiger partial charge in [0.1, 0.15) is 0 Å². The van der Waals surface area contributed by atoms with E-state index >= 15 is 0 Å². The summed E-state index contributed by atoms with van der Waals surface area (Å²) in [5, 5.41) is 2.80. The van der Waals surface area contributed by atoms with E-state index in [1.807, 2.05) is 6.92 Å². The van der Waals surface area contributed by atoms with Gasteiger partial charge in [-0.1, -0.05) is 19.8 Å². The number of carbonyl (C=O) groups is 2. The van der Waals surface area contributed by atoms with Crippen LogP contribution in [-0.4, -0.2) is 17.9 Å². The fourth-order valence-electron chi connectivity index (χ4n) is 2.47. The molecule has 2 unspecified atom stereocenters. The maximum atomic E-state index is 11.3. The molecular formula is C10H18N2O2. The van der Waals surface area contributed by atoms with Gasteiger partial charge in [-0.2, -0.15) is 0 Å². The van der Waals surface area contributed by atoms with Crippen molar-refractivity contribution >= 4 is 12.3 Å². The molecule has 2 amide bonds. The molecule has 0 radical (unpaired) electrons. The molecule has 0 bridgehead atoms. The molecule has 0 heterocycles. The molecule has 0 aromatic rings. The van der Waals surface area contributed by atoms with E-state index in [0.717, 1.165) is 32.1 Å². The van der Waals surface area contributed by atoms with Crippen molar-refractivity contribution in [3.05, 3.63) is 0 Å². The van der Waals surface area contributed by atoms with Crippen LogP contribution in [0.15, 0.2) is 0 Å². The van der Waals surface area contributed by atoms with E-state index in [-0.39, 0.29) is 17.4 Å². The molecule has 1 rings (SSSR count). The molecule has 0 aliphatic heterocycles. The van der Waals surface area contributed by atoms with Gasteiger partial charge >= 0.3 is 0 Å². The van der Waals surface area contributed by atoms with Crippen LogP contribution >= 0.6 is 0 Å². The summed E-state index contributed by atoms with van der Waals surface area (Å²) in [4.78, 5) is 21.8. The maximum Gasteiger partial charge on any atom is 0.222 e. The summed E-state index contributed by atoms with van der Waals surface area (Å²) in [5.41, 5.74) is 4.97. The van der Waals surface area contributed by atoms with Crippen LogP contribution in [0.1, 0.15) is 39.0 Å². The van der Waals surface area contributed by atoms with Crippen molar-refractivity contribution in [3.8, 4) is 0 Å². The number of amides is 2. The number of carbonyl (C=O) groups excluding carboxylic acids is 2. The fraction of sp³-hybridized carbons (Fsp3) is 0.800. The highest BCUT2D eigenvalue weighted by Crippen LogP contribution is 2.35. The molecule has 1 saturated carbocycles. The SMILES string of the molecule is CCC1(NC=O)CCCCC1C(N)=O. The highest BCUT2D eigenvalue weighted by atomic mass is 16.1. The summed E-state index contributed by atoms with van der Waals surface area (Å²) in [6.07, 6.45) is 5.18. The van der Waals surface area contributed by atoms with Crippen molar-refractivity contribution in [3.63, 3.8) is 0 Å². The Bertz CT molecular complexity index is 230. The average Bonchev–Trinajstić information content (AvgIpc) is 2.18. The number of hydrogen-bond donors (Lipinski definition) is 2. The minimum Gasteiger partial charge on any atom is -0.369 e. The van der Waals surface area contributed by atoms with Crippen LogP contribution in [0.3, 0.4) is 0 Å². The molecule has 4 nitrogen and oxygen atoms in total. The quantitative estimate of drug-likeness (QED) is 0.648. The van der Waals surface area contributed by atoms with Crippen molar-refractivity contribution in [2.75, 3.05) is 0 Å². The van der Waals surface area contributed by atoms with Crippen molar-refractivity contribution in [2.24, 2.45) is 11.7 Å². The molecule has 0 saturated heterocycles. The Hall–Kier alpha value is -1.06. The first-order valence-electron chi connectivity index (χ1n) is 5.17. The lowest BCUT2D eigenvalue weighted by atomic mass is 9.71. The first kappa shape index (κ1) is 11.0. The van der Waals surface area contributed by atoms with Crippen LogP contribution in [0.4, 0.5) is 0 Å². The minimum absolute atomic E-state index is 0.202. The molecule has 3 N–H and O–H groups in total. The predicted octanol–water partition coefficient (Wildman–Crippen LogP) is 0.557. The van der Waals surface area contributed by atoms with Crippen molar-refractivity contribution in [1.29, 1.82) is 0 Å². The zero-order chi connectivity index (χ0) is 10.6. The van der Waals surface area contributed by atoms with Crippen molar-refractivity contribution in [1.82, 2.24) is 5.32 Å². The maximum absolute atomic E-state index is 11.3. The Morgan fingerprint density at radius 1 is 1.64 bits per heavy atom. The Kier molecular flexibility index (Phi) is 3.49. The van der Waals surface area contributed by atoms with Crippen molar-refractivity contribution in [2.45, 2.75) is 44.6 Å². The van der Waals surface area contributed by atoms with Crippen LogP contribution in [-0.2, 0) is 9.59 Å². The molecule has 0 aromatic carbocycles. The number of rotatable bonds is 4. The lowest BCUT2D eigenvalue weighted by Crippen LogP contribution is -2.56. The number of nitrogens with two attached hydrogens (primary N) is 1. The normalized spacial score (nSPS) is 32.2. The molecule has 1 fully saturated rings. The van der Waals surface area contributed by atoms with E-state index in [1.54, 1.807) is 0 Å². The summed E-state index contributed by atoms with van der Waals surface area (Å²) < 4.78 is 0. The highest BCUT2D eigenvalue weighted by molar-refractivity contribution is 5.78. The van der Waals surface area contributed by atoms with Crippen LogP contribution in [0.25, 0.3) is 0 Å². The molecule has 1 aliphatic carbocycles. The standard InChI is InChI=1S/C10H18N2O2/c1-2-10(12-7-13)6-4-3-5-8(10)9(11)14/h7-8H,2-6H2,1H3,(H2,11,14)(H,12,13). The lowest BCUT2D eigenvalue weighted by molar-refractivity contribution is -0.127. The van der Waals surface area contributed by atoms with Crippen LogP contribution in [0.5, 0.6) is 0 Å². The summed E-state index contributed by atoms with van der Waals surface area (Å²) in [7, 11) is 0. The van der Waals surface area contributed by atoms with Crippen LogP contribution in [0, 0.1) is 5.92 Å². The summed E-state index contributed by atoms with van der Waals surface area (Å²) >= 11 is 0. The van der Waals surface area contributed by atoms with Gasteiger partial charge in [0, 0.05) is 0 Å². The summed E-state index contributed by atoms with van der Waals surface area (Å²) in [6, 6.07) is 0. The van der Waals surface area contributed by atoms with Gasteiger partial charge in [0.2, 0.25) is 12.3 Å². The smallest absolute Gasteiger partial charge is 0.222 e. The van der Waals surface area contributed by atoms with Crippen LogP contribution in [0.2, 0.25) is 0 Å². The lowest BCUT2D eigenvalue weighted by Gasteiger charge is -2.41. The van der Waals surface area contributed by atoms with E-state index in [1.165, 1.54) is 0 Å². The molecule has 80 valence electrons. The number of hydrogen-bond acceptors (Lipinski definition) is 2. The minimum atomic E-state index is -0.383. The first-order chi connectivity index (χ1) is 6.66. The fourth-order valence-corrected chi connectivity index (χ4v) is 2.47. The third-order valence-electron chi connectivity index (χ3n) is 3.35. The summed E-state index contributed by atoms with van der Waals surface area (Å²) in [5.74, 6) is -0.493. The highest BCUT2D eigenvalue weighted by Gasteiger charge is 2.41. The van der Waals surface area contributed by atoms with Gasteiger partial charge in [-0.25, -0.2) is 0 Å². The van der Waals surface area contributed by atoms with Crippen LogP contribution < -0.4 is 11.1 Å². The number of primary amides is 1. The molecule has 0 spiro atoms. The Morgan fingerprint density at radius 2 is 2.36 bits per heavy atom. The Labute approximate surface area is 84.2 Å². The van der Waals surface area contributed by atoms with Gasteiger partial charge < -0.3 is 11.1 Å². The largest absolute Gasteiger partial charge is 0.369 e. The average molecular weight is 198 g/mol. The molecule has 1 aliphatic rings. The predicted molar refractivity (Wildman–Crippen MR) is 53.4 cm³/mol. The molecule has 14 heavy (non-hydrogen) atoms. The first-order valence-corrected chi connectivity index (χ1v) is 5.17. The van der Waals surface area contributed by atoms with Gasteiger partial charge in [0.05, 0.1) is 11.5 Å². The van der Waals surface area contributed by atoms with Gasteiger partial charge in [0.25, 0.3) is 0 Å². The van der Waals surface area contributed by atoms with Gasteiger partial charge in [-0.05, 0) is 19.3 Å².